The van der Waals surface area contributed by atoms with Crippen LogP contribution in [0.25, 0.3) is 10.9 Å². The molecule has 0 aliphatic rings. The number of benzene rings is 2. The number of carbonyl (C=O) groups is 1. The monoisotopic (exact) mass is 322 g/mol. The largest absolute Gasteiger partial charge is 0.384 e. The molecule has 2 aromatic carbocycles. The number of hydrogen-bond donors (Lipinski definition) is 3. The van der Waals surface area contributed by atoms with Crippen LogP contribution in [-0.2, 0) is 5.60 Å². The molecule has 124 valence electrons. The van der Waals surface area contributed by atoms with Crippen molar-refractivity contribution in [2.24, 2.45) is 0 Å². The minimum atomic E-state index is -1.12. The summed E-state index contributed by atoms with van der Waals surface area (Å²) in [6.07, 6.45) is 0. The molecule has 4 nitrogen and oxygen atoms in total. The number of nitrogens with one attached hydrogen (secondary N) is 2. The molecule has 3 rings (SSSR count). The van der Waals surface area contributed by atoms with Crippen molar-refractivity contribution in [1.29, 1.82) is 0 Å². The lowest BCUT2D eigenvalue weighted by molar-refractivity contribution is 0.0527. The van der Waals surface area contributed by atoms with Crippen LogP contribution in [0.1, 0.15) is 34.1 Å². The maximum atomic E-state index is 12.6. The lowest BCUT2D eigenvalue weighted by atomic mass is 9.96. The van der Waals surface area contributed by atoms with Crippen LogP contribution in [0.15, 0.2) is 48.5 Å². The van der Waals surface area contributed by atoms with E-state index >= 15 is 0 Å². The molecule has 24 heavy (non-hydrogen) atoms. The van der Waals surface area contributed by atoms with Crippen molar-refractivity contribution < 1.29 is 9.90 Å². The zero-order chi connectivity index (χ0) is 17.3. The average molecular weight is 322 g/mol. The summed E-state index contributed by atoms with van der Waals surface area (Å²) in [6, 6.07) is 15.0. The highest BCUT2D eigenvalue weighted by Crippen LogP contribution is 2.24. The van der Waals surface area contributed by atoms with Crippen LogP contribution in [0.3, 0.4) is 0 Å². The maximum Gasteiger partial charge on any atom is 0.253 e. The maximum absolute atomic E-state index is 12.6. The third kappa shape index (κ3) is 2.93. The van der Waals surface area contributed by atoms with Crippen LogP contribution >= 0.6 is 0 Å². The van der Waals surface area contributed by atoms with E-state index in [1.54, 1.807) is 13.0 Å². The first-order chi connectivity index (χ1) is 11.4. The summed E-state index contributed by atoms with van der Waals surface area (Å²) < 4.78 is 0. The predicted molar refractivity (Wildman–Crippen MR) is 96.1 cm³/mol. The third-order valence-electron chi connectivity index (χ3n) is 4.58. The number of aromatic nitrogens is 1. The Balaban J connectivity index is 1.82. The second kappa shape index (κ2) is 6.13. The molecule has 1 amide bonds. The number of rotatable bonds is 4. The zero-order valence-electron chi connectivity index (χ0n) is 14.2. The fraction of sp³-hybridized carbons (Fsp3) is 0.250. The van der Waals surface area contributed by atoms with Crippen molar-refractivity contribution in [2.45, 2.75) is 26.4 Å². The number of aliphatic hydroxyl groups is 1. The smallest absolute Gasteiger partial charge is 0.253 e. The highest BCUT2D eigenvalue weighted by molar-refractivity contribution is 6.06. The SMILES string of the molecule is Cc1[nH]c2c(C(=O)NCC(C)(O)c3ccccc3)cccc2c1C. The van der Waals surface area contributed by atoms with E-state index in [1.165, 1.54) is 0 Å². The Morgan fingerprint density at radius 2 is 1.83 bits per heavy atom. The van der Waals surface area contributed by atoms with Gasteiger partial charge in [0.2, 0.25) is 0 Å². The van der Waals surface area contributed by atoms with Crippen molar-refractivity contribution in [1.82, 2.24) is 10.3 Å². The fourth-order valence-electron chi connectivity index (χ4n) is 2.92. The predicted octanol–water partition coefficient (Wildman–Crippen LogP) is 3.42. The summed E-state index contributed by atoms with van der Waals surface area (Å²) in [5.74, 6) is -0.196. The summed E-state index contributed by atoms with van der Waals surface area (Å²) in [4.78, 5) is 15.9. The lowest BCUT2D eigenvalue weighted by Crippen LogP contribution is -2.38. The summed E-state index contributed by atoms with van der Waals surface area (Å²) in [5.41, 5.74) is 3.29. The number of para-hydroxylation sites is 1. The topological polar surface area (TPSA) is 65.1 Å². The van der Waals surface area contributed by atoms with Gasteiger partial charge in [-0.2, -0.15) is 0 Å². The van der Waals surface area contributed by atoms with Gasteiger partial charge in [0.25, 0.3) is 5.91 Å². The molecule has 0 radical (unpaired) electrons. The molecular weight excluding hydrogens is 300 g/mol. The summed E-state index contributed by atoms with van der Waals surface area (Å²) in [6.45, 7) is 5.88. The van der Waals surface area contributed by atoms with E-state index in [4.69, 9.17) is 0 Å². The van der Waals surface area contributed by atoms with Crippen LogP contribution in [0, 0.1) is 13.8 Å². The molecule has 0 aliphatic carbocycles. The molecule has 1 heterocycles. The molecule has 0 fully saturated rings. The molecule has 1 unspecified atom stereocenters. The van der Waals surface area contributed by atoms with Gasteiger partial charge >= 0.3 is 0 Å². The fourth-order valence-corrected chi connectivity index (χ4v) is 2.92. The average Bonchev–Trinajstić information content (AvgIpc) is 2.88. The molecular formula is C20H22N2O2. The molecule has 3 N–H and O–H groups in total. The number of hydrogen-bond acceptors (Lipinski definition) is 2. The lowest BCUT2D eigenvalue weighted by Gasteiger charge is -2.24. The molecule has 1 aromatic heterocycles. The number of fused-ring (bicyclic) bond motifs is 1. The minimum Gasteiger partial charge on any atom is -0.384 e. The Morgan fingerprint density at radius 1 is 1.12 bits per heavy atom. The molecule has 0 spiro atoms. The van der Waals surface area contributed by atoms with E-state index in [-0.39, 0.29) is 12.5 Å². The molecule has 3 aromatic rings. The summed E-state index contributed by atoms with van der Waals surface area (Å²) >= 11 is 0. The number of H-pyrrole nitrogens is 1. The van der Waals surface area contributed by atoms with Crippen molar-refractivity contribution in [2.75, 3.05) is 6.54 Å². The number of carbonyl (C=O) groups excluding carboxylic acids is 1. The van der Waals surface area contributed by atoms with Crippen molar-refractivity contribution in [3.8, 4) is 0 Å². The third-order valence-corrected chi connectivity index (χ3v) is 4.58. The normalized spacial score (nSPS) is 13.7. The first-order valence-electron chi connectivity index (χ1n) is 8.04. The van der Waals surface area contributed by atoms with Gasteiger partial charge in [-0.3, -0.25) is 4.79 Å². The first kappa shape index (κ1) is 16.3. The van der Waals surface area contributed by atoms with Gasteiger partial charge in [-0.1, -0.05) is 42.5 Å². The van der Waals surface area contributed by atoms with E-state index in [0.717, 1.165) is 27.7 Å². The number of aromatic amines is 1. The van der Waals surface area contributed by atoms with Crippen molar-refractivity contribution in [3.05, 3.63) is 70.9 Å². The Bertz CT molecular complexity index is 879. The Morgan fingerprint density at radius 3 is 2.54 bits per heavy atom. The molecule has 0 saturated carbocycles. The number of amides is 1. The van der Waals surface area contributed by atoms with Gasteiger partial charge < -0.3 is 15.4 Å². The van der Waals surface area contributed by atoms with E-state index in [9.17, 15) is 9.90 Å². The van der Waals surface area contributed by atoms with Gasteiger partial charge in [0.1, 0.15) is 5.60 Å². The minimum absolute atomic E-state index is 0.144. The van der Waals surface area contributed by atoms with E-state index in [1.807, 2.05) is 56.3 Å². The molecule has 1 atom stereocenters. The Labute approximate surface area is 141 Å². The van der Waals surface area contributed by atoms with Crippen LogP contribution in [-0.4, -0.2) is 22.5 Å². The molecule has 4 heteroatoms. The van der Waals surface area contributed by atoms with Crippen LogP contribution < -0.4 is 5.32 Å². The van der Waals surface area contributed by atoms with Gasteiger partial charge in [-0.05, 0) is 38.0 Å². The van der Waals surface area contributed by atoms with Gasteiger partial charge in [-0.15, -0.1) is 0 Å². The first-order valence-corrected chi connectivity index (χ1v) is 8.04. The van der Waals surface area contributed by atoms with E-state index in [2.05, 4.69) is 10.3 Å². The summed E-state index contributed by atoms with van der Waals surface area (Å²) in [5, 5.41) is 14.5. The van der Waals surface area contributed by atoms with Gasteiger partial charge in [0.05, 0.1) is 17.6 Å². The summed E-state index contributed by atoms with van der Waals surface area (Å²) in [7, 11) is 0. The molecule has 0 bridgehead atoms. The second-order valence-electron chi connectivity index (χ2n) is 6.43. The highest BCUT2D eigenvalue weighted by Gasteiger charge is 2.24. The molecule has 0 saturated heterocycles. The van der Waals surface area contributed by atoms with Gasteiger partial charge in [-0.25, -0.2) is 0 Å². The van der Waals surface area contributed by atoms with Crippen LogP contribution in [0.4, 0.5) is 0 Å². The van der Waals surface area contributed by atoms with Gasteiger partial charge in [0, 0.05) is 11.1 Å². The van der Waals surface area contributed by atoms with E-state index in [0.29, 0.717) is 5.56 Å². The van der Waals surface area contributed by atoms with Crippen LogP contribution in [0.2, 0.25) is 0 Å². The standard InChI is InChI=1S/C20H22N2O2/c1-13-14(2)22-18-16(13)10-7-11-17(18)19(23)21-12-20(3,24)15-8-5-4-6-9-15/h4-11,22,24H,12H2,1-3H3,(H,21,23). The van der Waals surface area contributed by atoms with Crippen molar-refractivity contribution >= 4 is 16.8 Å². The highest BCUT2D eigenvalue weighted by atomic mass is 16.3. The Kier molecular flexibility index (Phi) is 4.16. The zero-order valence-corrected chi connectivity index (χ0v) is 14.2. The number of aryl methyl sites for hydroxylation is 2. The van der Waals surface area contributed by atoms with E-state index < -0.39 is 5.60 Å². The second-order valence-corrected chi connectivity index (χ2v) is 6.43. The van der Waals surface area contributed by atoms with Crippen LogP contribution in [0.5, 0.6) is 0 Å². The molecule has 0 aliphatic heterocycles. The Hall–Kier alpha value is -2.59. The van der Waals surface area contributed by atoms with Crippen molar-refractivity contribution in [3.63, 3.8) is 0 Å². The van der Waals surface area contributed by atoms with Gasteiger partial charge in [0.15, 0.2) is 0 Å². The quantitative estimate of drug-likeness (QED) is 0.689.